The predicted molar refractivity (Wildman–Crippen MR) is 75.9 cm³/mol. The molecule has 0 saturated heterocycles. The maximum absolute atomic E-state index is 6.06. The highest BCUT2D eigenvalue weighted by Gasteiger charge is 2.06. The minimum absolute atomic E-state index is 0.340. The van der Waals surface area contributed by atoms with E-state index < -0.39 is 0 Å². The number of nitrogen functional groups attached to an aromatic ring is 1. The van der Waals surface area contributed by atoms with E-state index in [0.29, 0.717) is 22.5 Å². The van der Waals surface area contributed by atoms with Crippen molar-refractivity contribution in [1.82, 2.24) is 9.97 Å². The molecule has 1 aromatic heterocycles. The lowest BCUT2D eigenvalue weighted by molar-refractivity contribution is 0.415. The van der Waals surface area contributed by atoms with Crippen LogP contribution in [0.5, 0.6) is 5.75 Å². The zero-order valence-electron chi connectivity index (χ0n) is 10.6. The van der Waals surface area contributed by atoms with E-state index in [-0.39, 0.29) is 0 Å². The Balaban J connectivity index is 2.28. The van der Waals surface area contributed by atoms with Crippen molar-refractivity contribution in [3.05, 3.63) is 35.0 Å². The number of anilines is 3. The first-order chi connectivity index (χ1) is 9.13. The van der Waals surface area contributed by atoms with Crippen molar-refractivity contribution in [3.63, 3.8) is 0 Å². The Morgan fingerprint density at radius 3 is 2.79 bits per heavy atom. The van der Waals surface area contributed by atoms with Gasteiger partial charge in [0.15, 0.2) is 0 Å². The summed E-state index contributed by atoms with van der Waals surface area (Å²) >= 11 is 6.06. The summed E-state index contributed by atoms with van der Waals surface area (Å²) in [6, 6.07) is 5.39. The number of hydrogen-bond acceptors (Lipinski definition) is 6. The molecule has 0 aliphatic rings. The van der Waals surface area contributed by atoms with Gasteiger partial charge in [-0.05, 0) is 25.1 Å². The molecule has 0 fully saturated rings. The van der Waals surface area contributed by atoms with Gasteiger partial charge in [-0.15, -0.1) is 0 Å². The van der Waals surface area contributed by atoms with Crippen molar-refractivity contribution in [2.75, 3.05) is 17.9 Å². The standard InChI is InChI=1S/C12H14ClN5O/c1-7-6-15-12(18-14)17-11(7)16-8-3-4-10(19-2)9(13)5-8/h3-6H,14H2,1-2H3,(H2,15,16,17,18). The Hall–Kier alpha value is -2.05. The van der Waals surface area contributed by atoms with Crippen molar-refractivity contribution in [2.45, 2.75) is 6.92 Å². The number of nitrogens with one attached hydrogen (secondary N) is 2. The van der Waals surface area contributed by atoms with Crippen LogP contribution in [-0.4, -0.2) is 17.1 Å². The summed E-state index contributed by atoms with van der Waals surface area (Å²) in [5, 5.41) is 3.68. The number of nitrogens with zero attached hydrogens (tertiary/aromatic N) is 2. The molecule has 0 atom stereocenters. The first-order valence-electron chi connectivity index (χ1n) is 5.55. The lowest BCUT2D eigenvalue weighted by atomic mass is 10.3. The van der Waals surface area contributed by atoms with Crippen LogP contribution in [0.1, 0.15) is 5.56 Å². The normalized spacial score (nSPS) is 10.1. The third-order valence-electron chi connectivity index (χ3n) is 2.52. The highest BCUT2D eigenvalue weighted by Crippen LogP contribution is 2.29. The molecule has 0 aliphatic heterocycles. The number of nitrogens with two attached hydrogens (primary N) is 1. The van der Waals surface area contributed by atoms with Crippen molar-refractivity contribution < 1.29 is 4.74 Å². The van der Waals surface area contributed by atoms with Crippen LogP contribution in [-0.2, 0) is 0 Å². The minimum Gasteiger partial charge on any atom is -0.495 e. The van der Waals surface area contributed by atoms with E-state index in [1.54, 1.807) is 25.4 Å². The lowest BCUT2D eigenvalue weighted by Crippen LogP contribution is -2.11. The Labute approximate surface area is 115 Å². The van der Waals surface area contributed by atoms with Crippen molar-refractivity contribution in [3.8, 4) is 5.75 Å². The monoisotopic (exact) mass is 279 g/mol. The molecule has 1 heterocycles. The van der Waals surface area contributed by atoms with Crippen LogP contribution in [0.2, 0.25) is 5.02 Å². The van der Waals surface area contributed by atoms with Gasteiger partial charge >= 0.3 is 0 Å². The molecule has 6 nitrogen and oxygen atoms in total. The fourth-order valence-electron chi connectivity index (χ4n) is 1.52. The molecule has 0 amide bonds. The number of halogens is 1. The number of aromatic nitrogens is 2. The maximum atomic E-state index is 6.06. The van der Waals surface area contributed by atoms with Crippen LogP contribution in [0.3, 0.4) is 0 Å². The summed E-state index contributed by atoms with van der Waals surface area (Å²) in [5.41, 5.74) is 4.10. The summed E-state index contributed by atoms with van der Waals surface area (Å²) in [6.07, 6.45) is 1.68. The van der Waals surface area contributed by atoms with Gasteiger partial charge in [0.25, 0.3) is 0 Å². The van der Waals surface area contributed by atoms with Crippen LogP contribution >= 0.6 is 11.6 Å². The first kappa shape index (κ1) is 13.4. The third-order valence-corrected chi connectivity index (χ3v) is 2.81. The molecule has 0 spiro atoms. The van der Waals surface area contributed by atoms with Gasteiger partial charge in [-0.25, -0.2) is 10.8 Å². The molecule has 7 heteroatoms. The minimum atomic E-state index is 0.340. The number of hydrazine groups is 1. The Bertz CT molecular complexity index is 590. The summed E-state index contributed by atoms with van der Waals surface area (Å²) < 4.78 is 5.10. The molecule has 0 radical (unpaired) electrons. The van der Waals surface area contributed by atoms with Crippen molar-refractivity contribution in [2.24, 2.45) is 5.84 Å². The van der Waals surface area contributed by atoms with Crippen LogP contribution in [0.4, 0.5) is 17.5 Å². The quantitative estimate of drug-likeness (QED) is 0.589. The Morgan fingerprint density at radius 1 is 1.37 bits per heavy atom. The SMILES string of the molecule is COc1ccc(Nc2nc(NN)ncc2C)cc1Cl. The van der Waals surface area contributed by atoms with Gasteiger partial charge in [0.1, 0.15) is 11.6 Å². The van der Waals surface area contributed by atoms with E-state index >= 15 is 0 Å². The average Bonchev–Trinajstić information content (AvgIpc) is 2.41. The van der Waals surface area contributed by atoms with E-state index in [0.717, 1.165) is 11.3 Å². The predicted octanol–water partition coefficient (Wildman–Crippen LogP) is 2.48. The van der Waals surface area contributed by atoms with Gasteiger partial charge in [-0.3, -0.25) is 5.43 Å². The largest absolute Gasteiger partial charge is 0.495 e. The summed E-state index contributed by atoms with van der Waals surface area (Å²) in [5.74, 6) is 6.90. The van der Waals surface area contributed by atoms with Crippen LogP contribution in [0.25, 0.3) is 0 Å². The topological polar surface area (TPSA) is 85.1 Å². The Morgan fingerprint density at radius 2 is 2.16 bits per heavy atom. The lowest BCUT2D eigenvalue weighted by Gasteiger charge is -2.11. The van der Waals surface area contributed by atoms with Gasteiger partial charge in [-0.1, -0.05) is 11.6 Å². The summed E-state index contributed by atoms with van der Waals surface area (Å²) in [7, 11) is 1.57. The first-order valence-corrected chi connectivity index (χ1v) is 5.92. The number of ether oxygens (including phenoxy) is 1. The van der Waals surface area contributed by atoms with Gasteiger partial charge in [-0.2, -0.15) is 4.98 Å². The van der Waals surface area contributed by atoms with E-state index in [9.17, 15) is 0 Å². The van der Waals surface area contributed by atoms with Crippen molar-refractivity contribution in [1.29, 1.82) is 0 Å². The zero-order valence-corrected chi connectivity index (χ0v) is 11.3. The molecule has 0 unspecified atom stereocenters. The fraction of sp³-hybridized carbons (Fsp3) is 0.167. The highest BCUT2D eigenvalue weighted by atomic mass is 35.5. The average molecular weight is 280 g/mol. The summed E-state index contributed by atoms with van der Waals surface area (Å²) in [6.45, 7) is 1.90. The second-order valence-corrected chi connectivity index (χ2v) is 4.25. The van der Waals surface area contributed by atoms with Crippen molar-refractivity contribution >= 4 is 29.1 Å². The van der Waals surface area contributed by atoms with Crippen LogP contribution in [0.15, 0.2) is 24.4 Å². The third kappa shape index (κ3) is 3.04. The molecule has 4 N–H and O–H groups in total. The second-order valence-electron chi connectivity index (χ2n) is 3.84. The number of methoxy groups -OCH3 is 1. The van der Waals surface area contributed by atoms with Crippen LogP contribution in [0, 0.1) is 6.92 Å². The van der Waals surface area contributed by atoms with E-state index in [2.05, 4.69) is 20.7 Å². The Kier molecular flexibility index (Phi) is 4.03. The second kappa shape index (κ2) is 5.73. The van der Waals surface area contributed by atoms with Gasteiger partial charge < -0.3 is 10.1 Å². The number of hydrogen-bond donors (Lipinski definition) is 3. The van der Waals surface area contributed by atoms with E-state index in [1.165, 1.54) is 0 Å². The van der Waals surface area contributed by atoms with Crippen LogP contribution < -0.4 is 21.3 Å². The molecule has 0 bridgehead atoms. The molecule has 0 saturated carbocycles. The highest BCUT2D eigenvalue weighted by molar-refractivity contribution is 6.32. The van der Waals surface area contributed by atoms with E-state index in [1.807, 2.05) is 13.0 Å². The molecular formula is C12H14ClN5O. The molecule has 0 aliphatic carbocycles. The molecular weight excluding hydrogens is 266 g/mol. The molecule has 2 aromatic rings. The van der Waals surface area contributed by atoms with Gasteiger partial charge in [0, 0.05) is 17.4 Å². The molecule has 19 heavy (non-hydrogen) atoms. The van der Waals surface area contributed by atoms with Gasteiger partial charge in [0.2, 0.25) is 5.95 Å². The maximum Gasteiger partial charge on any atom is 0.239 e. The summed E-state index contributed by atoms with van der Waals surface area (Å²) in [4.78, 5) is 8.24. The van der Waals surface area contributed by atoms with E-state index in [4.69, 9.17) is 22.2 Å². The molecule has 2 rings (SSSR count). The molecule has 100 valence electrons. The number of aryl methyl sites for hydroxylation is 1. The number of benzene rings is 1. The molecule has 1 aromatic carbocycles. The smallest absolute Gasteiger partial charge is 0.239 e. The fourth-order valence-corrected chi connectivity index (χ4v) is 1.78. The van der Waals surface area contributed by atoms with Gasteiger partial charge in [0.05, 0.1) is 12.1 Å². The zero-order chi connectivity index (χ0) is 13.8. The number of rotatable bonds is 4.